The Kier molecular flexibility index (Phi) is 8.08. The van der Waals surface area contributed by atoms with Gasteiger partial charge in [0, 0.05) is 31.1 Å². The third-order valence-electron chi connectivity index (χ3n) is 4.79. The van der Waals surface area contributed by atoms with Crippen molar-refractivity contribution in [2.45, 2.75) is 26.3 Å². The minimum absolute atomic E-state index is 0.0819. The maximum Gasteiger partial charge on any atom is 0.266 e. The Morgan fingerprint density at radius 1 is 1.17 bits per heavy atom. The summed E-state index contributed by atoms with van der Waals surface area (Å²) in [7, 11) is 0. The first kappa shape index (κ1) is 22.5. The highest BCUT2D eigenvalue weighted by molar-refractivity contribution is 8.26. The van der Waals surface area contributed by atoms with E-state index in [2.05, 4.69) is 0 Å². The van der Waals surface area contributed by atoms with Gasteiger partial charge in [-0.1, -0.05) is 84.1 Å². The van der Waals surface area contributed by atoms with Gasteiger partial charge in [-0.25, -0.2) is 0 Å². The lowest BCUT2D eigenvalue weighted by Crippen LogP contribution is -2.32. The average Bonchev–Trinajstić information content (AvgIpc) is 3.01. The first-order valence-electron chi connectivity index (χ1n) is 9.81. The van der Waals surface area contributed by atoms with Crippen LogP contribution in [0.25, 0.3) is 6.08 Å². The van der Waals surface area contributed by atoms with Crippen LogP contribution in [-0.2, 0) is 16.1 Å². The van der Waals surface area contributed by atoms with Gasteiger partial charge in [-0.3, -0.25) is 14.5 Å². The molecule has 4 nitrogen and oxygen atoms in total. The molecule has 1 aliphatic heterocycles. The van der Waals surface area contributed by atoms with Gasteiger partial charge in [0.15, 0.2) is 0 Å². The molecule has 0 spiro atoms. The largest absolute Gasteiger partial charge is 0.339 e. The lowest BCUT2D eigenvalue weighted by Gasteiger charge is -2.22. The van der Waals surface area contributed by atoms with Crippen molar-refractivity contribution >= 4 is 57.8 Å². The van der Waals surface area contributed by atoms with Gasteiger partial charge >= 0.3 is 0 Å². The molecule has 1 saturated heterocycles. The topological polar surface area (TPSA) is 40.6 Å². The number of amides is 2. The molecule has 0 saturated carbocycles. The van der Waals surface area contributed by atoms with E-state index in [9.17, 15) is 9.59 Å². The van der Waals surface area contributed by atoms with Crippen LogP contribution in [0.15, 0.2) is 59.5 Å². The molecule has 1 heterocycles. The molecular weight excluding hydrogens is 436 g/mol. The SMILES string of the molecule is CCN(Cc1ccccc1)C(=O)CCCN1C(=O)C(=Cc2ccccc2Cl)SC1=S. The Balaban J connectivity index is 1.55. The van der Waals surface area contributed by atoms with Crippen LogP contribution in [0, 0.1) is 0 Å². The van der Waals surface area contributed by atoms with Crippen molar-refractivity contribution in [1.82, 2.24) is 9.80 Å². The maximum atomic E-state index is 12.7. The van der Waals surface area contributed by atoms with Crippen molar-refractivity contribution < 1.29 is 9.59 Å². The first-order valence-corrected chi connectivity index (χ1v) is 11.4. The van der Waals surface area contributed by atoms with E-state index in [1.54, 1.807) is 17.0 Å². The predicted octanol–water partition coefficient (Wildman–Crippen LogP) is 5.37. The van der Waals surface area contributed by atoms with Crippen molar-refractivity contribution in [2.24, 2.45) is 0 Å². The molecule has 1 fully saturated rings. The van der Waals surface area contributed by atoms with Crippen molar-refractivity contribution in [3.8, 4) is 0 Å². The molecule has 0 atom stereocenters. The lowest BCUT2D eigenvalue weighted by molar-refractivity contribution is -0.132. The zero-order valence-corrected chi connectivity index (χ0v) is 19.1. The number of rotatable bonds is 8. The summed E-state index contributed by atoms with van der Waals surface area (Å²) in [4.78, 5) is 29.3. The molecule has 0 aromatic heterocycles. The van der Waals surface area contributed by atoms with Crippen molar-refractivity contribution in [3.63, 3.8) is 0 Å². The molecule has 7 heteroatoms. The number of carbonyl (C=O) groups is 2. The summed E-state index contributed by atoms with van der Waals surface area (Å²) in [6, 6.07) is 17.3. The molecule has 2 aromatic carbocycles. The maximum absolute atomic E-state index is 12.7. The number of halogens is 1. The minimum Gasteiger partial charge on any atom is -0.339 e. The molecule has 0 radical (unpaired) electrons. The van der Waals surface area contributed by atoms with Gasteiger partial charge in [0.05, 0.1) is 4.91 Å². The van der Waals surface area contributed by atoms with Crippen LogP contribution in [0.4, 0.5) is 0 Å². The molecule has 0 bridgehead atoms. The molecule has 2 aromatic rings. The van der Waals surface area contributed by atoms with Crippen LogP contribution >= 0.6 is 35.6 Å². The van der Waals surface area contributed by atoms with Crippen LogP contribution in [0.3, 0.4) is 0 Å². The number of carbonyl (C=O) groups excluding carboxylic acids is 2. The van der Waals surface area contributed by atoms with E-state index in [4.69, 9.17) is 23.8 Å². The van der Waals surface area contributed by atoms with E-state index in [0.717, 1.165) is 11.1 Å². The molecular formula is C23H23ClN2O2S2. The quantitative estimate of drug-likeness (QED) is 0.394. The van der Waals surface area contributed by atoms with Gasteiger partial charge in [-0.15, -0.1) is 0 Å². The molecule has 3 rings (SSSR count). The third-order valence-corrected chi connectivity index (χ3v) is 6.51. The van der Waals surface area contributed by atoms with Gasteiger partial charge in [-0.2, -0.15) is 0 Å². The number of hydrogen-bond donors (Lipinski definition) is 0. The van der Waals surface area contributed by atoms with Gasteiger partial charge < -0.3 is 4.90 Å². The van der Waals surface area contributed by atoms with Gasteiger partial charge in [-0.05, 0) is 36.6 Å². The molecule has 1 aliphatic rings. The Hall–Kier alpha value is -2.15. The van der Waals surface area contributed by atoms with Crippen LogP contribution in [0.1, 0.15) is 30.9 Å². The van der Waals surface area contributed by atoms with Crippen molar-refractivity contribution in [2.75, 3.05) is 13.1 Å². The number of nitrogens with zero attached hydrogens (tertiary/aromatic N) is 2. The van der Waals surface area contributed by atoms with Crippen LogP contribution in [0.2, 0.25) is 5.02 Å². The van der Waals surface area contributed by atoms with Gasteiger partial charge in [0.2, 0.25) is 5.91 Å². The van der Waals surface area contributed by atoms with E-state index in [1.807, 2.05) is 60.4 Å². The Morgan fingerprint density at radius 3 is 2.57 bits per heavy atom. The summed E-state index contributed by atoms with van der Waals surface area (Å²) in [5.41, 5.74) is 1.89. The second-order valence-corrected chi connectivity index (χ2v) is 8.93. The molecule has 0 aliphatic carbocycles. The molecule has 2 amide bonds. The number of benzene rings is 2. The second-order valence-electron chi connectivity index (χ2n) is 6.85. The minimum atomic E-state index is -0.131. The standard InChI is InChI=1S/C23H23ClN2O2S2/c1-2-25(16-17-9-4-3-5-10-17)21(27)13-8-14-26-22(28)20(30-23(26)29)15-18-11-6-7-12-19(18)24/h3-7,9-12,15H,2,8,13-14,16H2,1H3. The summed E-state index contributed by atoms with van der Waals surface area (Å²) in [6.07, 6.45) is 2.71. The summed E-state index contributed by atoms with van der Waals surface area (Å²) < 4.78 is 0.516. The van der Waals surface area contributed by atoms with Crippen LogP contribution in [0.5, 0.6) is 0 Å². The highest BCUT2D eigenvalue weighted by Crippen LogP contribution is 2.33. The molecule has 0 unspecified atom stereocenters. The van der Waals surface area contributed by atoms with E-state index in [-0.39, 0.29) is 11.8 Å². The predicted molar refractivity (Wildman–Crippen MR) is 128 cm³/mol. The van der Waals surface area contributed by atoms with Crippen LogP contribution in [-0.4, -0.2) is 39.0 Å². The Morgan fingerprint density at radius 2 is 1.87 bits per heavy atom. The number of thiocarbonyl (C=S) groups is 1. The monoisotopic (exact) mass is 458 g/mol. The zero-order chi connectivity index (χ0) is 21.5. The van der Waals surface area contributed by atoms with E-state index in [0.29, 0.717) is 46.7 Å². The lowest BCUT2D eigenvalue weighted by atomic mass is 10.2. The molecule has 0 N–H and O–H groups in total. The summed E-state index contributed by atoms with van der Waals surface area (Å²) >= 11 is 12.8. The summed E-state index contributed by atoms with van der Waals surface area (Å²) in [5.74, 6) is -0.0487. The van der Waals surface area contributed by atoms with Crippen LogP contribution < -0.4 is 0 Å². The first-order chi connectivity index (χ1) is 14.5. The molecule has 156 valence electrons. The van der Waals surface area contributed by atoms with E-state index < -0.39 is 0 Å². The number of thioether (sulfide) groups is 1. The van der Waals surface area contributed by atoms with Crippen molar-refractivity contribution in [1.29, 1.82) is 0 Å². The number of hydrogen-bond acceptors (Lipinski definition) is 4. The van der Waals surface area contributed by atoms with Gasteiger partial charge in [0.25, 0.3) is 5.91 Å². The molecule has 30 heavy (non-hydrogen) atoms. The third kappa shape index (κ3) is 5.72. The van der Waals surface area contributed by atoms with E-state index >= 15 is 0 Å². The fraction of sp³-hybridized carbons (Fsp3) is 0.261. The van der Waals surface area contributed by atoms with Gasteiger partial charge in [0.1, 0.15) is 4.32 Å². The van der Waals surface area contributed by atoms with Crippen molar-refractivity contribution in [3.05, 3.63) is 75.7 Å². The fourth-order valence-corrected chi connectivity index (χ4v) is 4.64. The Bertz CT molecular complexity index is 963. The zero-order valence-electron chi connectivity index (χ0n) is 16.7. The Labute approximate surface area is 191 Å². The normalized spacial score (nSPS) is 15.1. The fourth-order valence-electron chi connectivity index (χ4n) is 3.15. The second kappa shape index (κ2) is 10.8. The highest BCUT2D eigenvalue weighted by atomic mass is 35.5. The average molecular weight is 459 g/mol. The van der Waals surface area contributed by atoms with E-state index in [1.165, 1.54) is 11.8 Å². The highest BCUT2D eigenvalue weighted by Gasteiger charge is 2.31. The summed E-state index contributed by atoms with van der Waals surface area (Å²) in [6.45, 7) is 3.65. The summed E-state index contributed by atoms with van der Waals surface area (Å²) in [5, 5.41) is 0.589. The smallest absolute Gasteiger partial charge is 0.266 e.